The lowest BCUT2D eigenvalue weighted by molar-refractivity contribution is -0.137. The van der Waals surface area contributed by atoms with Gasteiger partial charge >= 0.3 is 0 Å². The van der Waals surface area contributed by atoms with E-state index in [1.165, 1.54) is 0 Å². The van der Waals surface area contributed by atoms with E-state index in [0.29, 0.717) is 32.6 Å². The summed E-state index contributed by atoms with van der Waals surface area (Å²) in [5.41, 5.74) is 0.892. The number of hydrogen-bond acceptors (Lipinski definition) is 4. The molecule has 24 heavy (non-hydrogen) atoms. The van der Waals surface area contributed by atoms with Gasteiger partial charge in [-0.25, -0.2) is 0 Å². The van der Waals surface area contributed by atoms with Gasteiger partial charge in [0, 0.05) is 38.3 Å². The Labute approximate surface area is 148 Å². The Morgan fingerprint density at radius 1 is 1.38 bits per heavy atom. The number of nitrogens with one attached hydrogen (secondary N) is 1. The number of carbonyl (C=O) groups excluding carboxylic acids is 2. The quantitative estimate of drug-likeness (QED) is 0.879. The molecule has 132 valence electrons. The lowest BCUT2D eigenvalue weighted by Crippen LogP contribution is -2.48. The molecule has 2 fully saturated rings. The molecule has 3 rings (SSSR count). The van der Waals surface area contributed by atoms with E-state index in [0.717, 1.165) is 12.2 Å². The zero-order chi connectivity index (χ0) is 16.2. The maximum Gasteiger partial charge on any atom is 0.249 e. The fraction of sp³-hybridized carbons (Fsp3) is 0.529. The van der Waals surface area contributed by atoms with Crippen molar-refractivity contribution in [2.24, 2.45) is 0 Å². The molecule has 2 amide bonds. The fourth-order valence-corrected chi connectivity index (χ4v) is 3.17. The minimum atomic E-state index is -0.368. The molecule has 7 heteroatoms. The maximum atomic E-state index is 12.6. The van der Waals surface area contributed by atoms with E-state index >= 15 is 0 Å². The lowest BCUT2D eigenvalue weighted by atomic mass is 10.1. The van der Waals surface area contributed by atoms with Crippen LogP contribution in [-0.2, 0) is 14.3 Å². The van der Waals surface area contributed by atoms with Crippen LogP contribution in [0.4, 0.5) is 5.69 Å². The summed E-state index contributed by atoms with van der Waals surface area (Å²) in [4.78, 5) is 28.4. The van der Waals surface area contributed by atoms with Crippen LogP contribution in [0.25, 0.3) is 0 Å². The molecule has 0 radical (unpaired) electrons. The van der Waals surface area contributed by atoms with Gasteiger partial charge in [-0.2, -0.15) is 0 Å². The van der Waals surface area contributed by atoms with Crippen LogP contribution in [-0.4, -0.2) is 62.1 Å². The van der Waals surface area contributed by atoms with Crippen molar-refractivity contribution in [2.75, 3.05) is 38.3 Å². The predicted octanol–water partition coefficient (Wildman–Crippen LogP) is 1.05. The highest BCUT2D eigenvalue weighted by molar-refractivity contribution is 6.01. The molecule has 2 aliphatic heterocycles. The Hall–Kier alpha value is -1.63. The molecule has 1 N–H and O–H groups in total. The second-order valence-corrected chi connectivity index (χ2v) is 6.06. The first-order valence-electron chi connectivity index (χ1n) is 8.10. The van der Waals surface area contributed by atoms with Crippen LogP contribution in [0.3, 0.4) is 0 Å². The third-order valence-electron chi connectivity index (χ3n) is 4.53. The van der Waals surface area contributed by atoms with Gasteiger partial charge in [-0.3, -0.25) is 9.59 Å². The molecule has 2 atom stereocenters. The van der Waals surface area contributed by atoms with E-state index in [1.807, 2.05) is 30.3 Å². The summed E-state index contributed by atoms with van der Waals surface area (Å²) in [6, 6.07) is 9.28. The molecule has 2 aliphatic rings. The Morgan fingerprint density at radius 2 is 2.12 bits per heavy atom. The van der Waals surface area contributed by atoms with E-state index in [1.54, 1.807) is 16.8 Å². The molecular weight excluding hydrogens is 330 g/mol. The topological polar surface area (TPSA) is 61.9 Å². The van der Waals surface area contributed by atoms with Gasteiger partial charge in [-0.05, 0) is 18.6 Å². The normalized spacial score (nSPS) is 23.7. The molecule has 2 heterocycles. The standard InChI is InChI=1S/C17H23N3O3.ClH/c1-19(16(21)11-13-12-23-10-8-18-13)15-7-9-20(17(15)22)14-5-3-2-4-6-14;/h2-6,13,15,18H,7-12H2,1H3;1H. The summed E-state index contributed by atoms with van der Waals surface area (Å²) in [5.74, 6) is -0.0128. The van der Waals surface area contributed by atoms with Gasteiger partial charge in [0.25, 0.3) is 0 Å². The molecule has 0 saturated carbocycles. The smallest absolute Gasteiger partial charge is 0.249 e. The number of benzene rings is 1. The van der Waals surface area contributed by atoms with E-state index in [-0.39, 0.29) is 36.3 Å². The van der Waals surface area contributed by atoms with Crippen LogP contribution in [0.15, 0.2) is 30.3 Å². The van der Waals surface area contributed by atoms with Crippen molar-refractivity contribution in [1.82, 2.24) is 10.2 Å². The Morgan fingerprint density at radius 3 is 2.79 bits per heavy atom. The molecule has 1 aromatic carbocycles. The number of nitrogens with zero attached hydrogens (tertiary/aromatic N) is 2. The van der Waals surface area contributed by atoms with E-state index in [9.17, 15) is 9.59 Å². The Bertz CT molecular complexity index is 563. The molecule has 0 bridgehead atoms. The largest absolute Gasteiger partial charge is 0.378 e. The third kappa shape index (κ3) is 4.06. The number of anilines is 1. The minimum Gasteiger partial charge on any atom is -0.378 e. The first-order valence-corrected chi connectivity index (χ1v) is 8.10. The summed E-state index contributed by atoms with van der Waals surface area (Å²) in [6.07, 6.45) is 1.04. The van der Waals surface area contributed by atoms with Crippen LogP contribution < -0.4 is 10.2 Å². The summed E-state index contributed by atoms with van der Waals surface area (Å²) >= 11 is 0. The molecule has 2 saturated heterocycles. The van der Waals surface area contributed by atoms with Crippen LogP contribution in [0.2, 0.25) is 0 Å². The van der Waals surface area contributed by atoms with Crippen LogP contribution in [0.1, 0.15) is 12.8 Å². The molecule has 6 nitrogen and oxygen atoms in total. The molecule has 0 aromatic heterocycles. The van der Waals surface area contributed by atoms with E-state index < -0.39 is 0 Å². The van der Waals surface area contributed by atoms with Crippen molar-refractivity contribution >= 4 is 29.9 Å². The van der Waals surface area contributed by atoms with Gasteiger partial charge < -0.3 is 19.9 Å². The average molecular weight is 354 g/mol. The van der Waals surface area contributed by atoms with Crippen molar-refractivity contribution in [2.45, 2.75) is 24.9 Å². The highest BCUT2D eigenvalue weighted by Crippen LogP contribution is 2.24. The van der Waals surface area contributed by atoms with Gasteiger partial charge in [0.05, 0.1) is 13.2 Å². The summed E-state index contributed by atoms with van der Waals surface area (Å²) in [5, 5.41) is 3.27. The van der Waals surface area contributed by atoms with Crippen molar-refractivity contribution in [1.29, 1.82) is 0 Å². The molecule has 1 aromatic rings. The number of amides is 2. The van der Waals surface area contributed by atoms with Crippen LogP contribution >= 0.6 is 12.4 Å². The monoisotopic (exact) mass is 353 g/mol. The first-order chi connectivity index (χ1) is 11.2. The average Bonchev–Trinajstić information content (AvgIpc) is 2.97. The summed E-state index contributed by atoms with van der Waals surface area (Å²) in [6.45, 7) is 2.66. The summed E-state index contributed by atoms with van der Waals surface area (Å²) in [7, 11) is 1.73. The van der Waals surface area contributed by atoms with Crippen molar-refractivity contribution in [3.8, 4) is 0 Å². The summed E-state index contributed by atoms with van der Waals surface area (Å²) < 4.78 is 5.38. The lowest BCUT2D eigenvalue weighted by Gasteiger charge is -2.28. The van der Waals surface area contributed by atoms with Gasteiger partial charge in [0.15, 0.2) is 0 Å². The van der Waals surface area contributed by atoms with Gasteiger partial charge in [-0.15, -0.1) is 12.4 Å². The zero-order valence-corrected chi connectivity index (χ0v) is 14.6. The van der Waals surface area contributed by atoms with Gasteiger partial charge in [0.2, 0.25) is 11.8 Å². The fourth-order valence-electron chi connectivity index (χ4n) is 3.17. The highest BCUT2D eigenvalue weighted by atomic mass is 35.5. The number of para-hydroxylation sites is 1. The second-order valence-electron chi connectivity index (χ2n) is 6.06. The number of morpholine rings is 1. The van der Waals surface area contributed by atoms with Crippen LogP contribution in [0, 0.1) is 0 Å². The van der Waals surface area contributed by atoms with Crippen molar-refractivity contribution < 1.29 is 14.3 Å². The van der Waals surface area contributed by atoms with E-state index in [4.69, 9.17) is 4.74 Å². The predicted molar refractivity (Wildman–Crippen MR) is 94.4 cm³/mol. The molecule has 0 spiro atoms. The Balaban J connectivity index is 0.00000208. The molecule has 0 aliphatic carbocycles. The number of carbonyl (C=O) groups is 2. The number of hydrogen-bond donors (Lipinski definition) is 1. The second kappa shape index (κ2) is 8.46. The van der Waals surface area contributed by atoms with E-state index in [2.05, 4.69) is 5.32 Å². The highest BCUT2D eigenvalue weighted by Gasteiger charge is 2.37. The van der Waals surface area contributed by atoms with Crippen molar-refractivity contribution in [3.63, 3.8) is 0 Å². The minimum absolute atomic E-state index is 0. The number of halogens is 1. The van der Waals surface area contributed by atoms with Gasteiger partial charge in [-0.1, -0.05) is 18.2 Å². The number of rotatable bonds is 4. The number of ether oxygens (including phenoxy) is 1. The van der Waals surface area contributed by atoms with Gasteiger partial charge in [0.1, 0.15) is 6.04 Å². The molecule has 2 unspecified atom stereocenters. The Kier molecular flexibility index (Phi) is 6.60. The maximum absolute atomic E-state index is 12.6. The number of likely N-dealkylation sites (N-methyl/N-ethyl adjacent to an activating group) is 1. The zero-order valence-electron chi connectivity index (χ0n) is 13.8. The SMILES string of the molecule is CN(C(=O)CC1COCCN1)C1CCN(c2ccccc2)C1=O.Cl. The van der Waals surface area contributed by atoms with Crippen molar-refractivity contribution in [3.05, 3.63) is 30.3 Å². The first kappa shape index (κ1) is 18.7. The third-order valence-corrected chi connectivity index (χ3v) is 4.53. The van der Waals surface area contributed by atoms with Crippen LogP contribution in [0.5, 0.6) is 0 Å². The molecular formula is C17H24ClN3O3.